The highest BCUT2D eigenvalue weighted by Gasteiger charge is 2.31. The molecule has 0 spiro atoms. The fraction of sp³-hybridized carbons (Fsp3) is 0.562. The number of halogens is 3. The minimum Gasteiger partial charge on any atom is -0.490 e. The molecule has 26 heavy (non-hydrogen) atoms. The Morgan fingerprint density at radius 2 is 1.81 bits per heavy atom. The van der Waals surface area contributed by atoms with Crippen LogP contribution >= 0.6 is 0 Å². The van der Waals surface area contributed by atoms with Crippen molar-refractivity contribution in [1.29, 1.82) is 0 Å². The lowest BCUT2D eigenvalue weighted by Crippen LogP contribution is -2.48. The van der Waals surface area contributed by atoms with Crippen molar-refractivity contribution in [3.05, 3.63) is 29.8 Å². The second-order valence-electron chi connectivity index (χ2n) is 6.02. The molecule has 1 heterocycles. The largest absolute Gasteiger partial charge is 0.490 e. The molecule has 0 saturated carbocycles. The quantitative estimate of drug-likeness (QED) is 0.805. The molecule has 2 rings (SSSR count). The van der Waals surface area contributed by atoms with Crippen LogP contribution in [0.25, 0.3) is 0 Å². The van der Waals surface area contributed by atoms with Gasteiger partial charge in [0.05, 0.1) is 5.56 Å². The summed E-state index contributed by atoms with van der Waals surface area (Å²) in [6.07, 6.45) is -3.27. The van der Waals surface area contributed by atoms with E-state index >= 15 is 0 Å². The van der Waals surface area contributed by atoms with E-state index in [2.05, 4.69) is 0 Å². The van der Waals surface area contributed by atoms with E-state index in [0.29, 0.717) is 25.0 Å². The standard InChI is InChI=1S/C16H21F3N2O4S/c1-2-3-15(22)20-26(23,24)21-10-8-14(9-11-21)25-13-6-4-12(5-7-13)16(17,18)19/h4-7,14H,2-3,8-11H2,1H3,(H,20,22). The predicted molar refractivity (Wildman–Crippen MR) is 88.6 cm³/mol. The van der Waals surface area contributed by atoms with Crippen molar-refractivity contribution >= 4 is 16.1 Å². The van der Waals surface area contributed by atoms with Crippen molar-refractivity contribution in [2.75, 3.05) is 13.1 Å². The summed E-state index contributed by atoms with van der Waals surface area (Å²) in [7, 11) is -3.87. The van der Waals surface area contributed by atoms with Gasteiger partial charge in [0, 0.05) is 19.5 Å². The lowest BCUT2D eigenvalue weighted by Gasteiger charge is -2.31. The van der Waals surface area contributed by atoms with E-state index < -0.39 is 27.9 Å². The van der Waals surface area contributed by atoms with Crippen molar-refractivity contribution in [2.45, 2.75) is 44.9 Å². The van der Waals surface area contributed by atoms with E-state index in [1.165, 1.54) is 16.4 Å². The third kappa shape index (κ3) is 5.60. The van der Waals surface area contributed by atoms with Gasteiger partial charge in [0.25, 0.3) is 0 Å². The number of carbonyl (C=O) groups is 1. The van der Waals surface area contributed by atoms with Crippen LogP contribution in [-0.2, 0) is 21.2 Å². The molecule has 6 nitrogen and oxygen atoms in total. The Hall–Kier alpha value is -1.81. The zero-order valence-corrected chi connectivity index (χ0v) is 15.1. The van der Waals surface area contributed by atoms with E-state index in [4.69, 9.17) is 4.74 Å². The molecule has 0 bridgehead atoms. The van der Waals surface area contributed by atoms with Crippen LogP contribution in [0.1, 0.15) is 38.2 Å². The first-order chi connectivity index (χ1) is 12.1. The van der Waals surface area contributed by atoms with Gasteiger partial charge in [-0.25, -0.2) is 4.72 Å². The van der Waals surface area contributed by atoms with Gasteiger partial charge in [-0.15, -0.1) is 0 Å². The molecular formula is C16H21F3N2O4S. The molecule has 0 radical (unpaired) electrons. The molecule has 1 fully saturated rings. The van der Waals surface area contributed by atoms with Gasteiger partial charge in [0.15, 0.2) is 0 Å². The number of amides is 1. The highest BCUT2D eigenvalue weighted by Crippen LogP contribution is 2.30. The van der Waals surface area contributed by atoms with Crippen LogP contribution in [0, 0.1) is 0 Å². The molecule has 0 atom stereocenters. The van der Waals surface area contributed by atoms with Crippen LogP contribution in [0.5, 0.6) is 5.75 Å². The number of hydrogen-bond donors (Lipinski definition) is 1. The maximum atomic E-state index is 12.5. The minimum atomic E-state index is -4.40. The first kappa shape index (κ1) is 20.5. The number of nitrogens with one attached hydrogen (secondary N) is 1. The highest BCUT2D eigenvalue weighted by molar-refractivity contribution is 7.87. The van der Waals surface area contributed by atoms with Crippen LogP contribution in [0.3, 0.4) is 0 Å². The molecule has 1 saturated heterocycles. The summed E-state index contributed by atoms with van der Waals surface area (Å²) in [5.74, 6) is -0.244. The van der Waals surface area contributed by atoms with Gasteiger partial charge in [-0.3, -0.25) is 4.79 Å². The Balaban J connectivity index is 1.87. The Kier molecular flexibility index (Phi) is 6.51. The van der Waals surface area contributed by atoms with E-state index in [1.54, 1.807) is 6.92 Å². The van der Waals surface area contributed by atoms with Gasteiger partial charge in [0.1, 0.15) is 11.9 Å². The summed E-state index contributed by atoms with van der Waals surface area (Å²) in [5.41, 5.74) is -0.756. The number of piperidine rings is 1. The smallest absolute Gasteiger partial charge is 0.416 e. The van der Waals surface area contributed by atoms with Crippen molar-refractivity contribution < 1.29 is 31.1 Å². The summed E-state index contributed by atoms with van der Waals surface area (Å²) in [6, 6.07) is 4.38. The van der Waals surface area contributed by atoms with E-state index in [0.717, 1.165) is 12.1 Å². The van der Waals surface area contributed by atoms with Crippen molar-refractivity contribution in [2.24, 2.45) is 0 Å². The van der Waals surface area contributed by atoms with E-state index in [9.17, 15) is 26.4 Å². The second kappa shape index (κ2) is 8.26. The molecule has 1 aromatic carbocycles. The fourth-order valence-electron chi connectivity index (χ4n) is 2.59. The van der Waals surface area contributed by atoms with Gasteiger partial charge >= 0.3 is 16.4 Å². The summed E-state index contributed by atoms with van der Waals surface area (Å²) in [4.78, 5) is 11.5. The normalized spacial score (nSPS) is 17.1. The Morgan fingerprint density at radius 1 is 1.23 bits per heavy atom. The number of alkyl halides is 3. The summed E-state index contributed by atoms with van der Waals surface area (Å²) in [6.45, 7) is 2.11. The van der Waals surface area contributed by atoms with E-state index in [1.807, 2.05) is 4.72 Å². The SMILES string of the molecule is CCCC(=O)NS(=O)(=O)N1CCC(Oc2ccc(C(F)(F)F)cc2)CC1. The zero-order chi connectivity index (χ0) is 19.4. The third-order valence-electron chi connectivity index (χ3n) is 3.95. The van der Waals surface area contributed by atoms with Gasteiger partial charge < -0.3 is 4.74 Å². The van der Waals surface area contributed by atoms with E-state index in [-0.39, 0.29) is 25.6 Å². The number of carbonyl (C=O) groups excluding carboxylic acids is 1. The molecule has 0 aliphatic carbocycles. The third-order valence-corrected chi connectivity index (χ3v) is 5.48. The number of ether oxygens (including phenoxy) is 1. The average Bonchev–Trinajstić information content (AvgIpc) is 2.55. The Morgan fingerprint density at radius 3 is 2.31 bits per heavy atom. The molecule has 1 amide bonds. The molecular weight excluding hydrogens is 373 g/mol. The van der Waals surface area contributed by atoms with Gasteiger partial charge in [-0.05, 0) is 43.5 Å². The lowest BCUT2D eigenvalue weighted by atomic mass is 10.1. The number of hydrogen-bond acceptors (Lipinski definition) is 4. The second-order valence-corrected chi connectivity index (χ2v) is 7.69. The fourth-order valence-corrected chi connectivity index (χ4v) is 3.80. The zero-order valence-electron chi connectivity index (χ0n) is 14.3. The van der Waals surface area contributed by atoms with Gasteiger partial charge in [-0.1, -0.05) is 6.92 Å². The molecule has 0 unspecified atom stereocenters. The molecule has 1 aromatic rings. The number of nitrogens with zero attached hydrogens (tertiary/aromatic N) is 1. The molecule has 10 heteroatoms. The van der Waals surface area contributed by atoms with Crippen LogP contribution < -0.4 is 9.46 Å². The first-order valence-electron chi connectivity index (χ1n) is 8.26. The van der Waals surface area contributed by atoms with Gasteiger partial charge in [0.2, 0.25) is 5.91 Å². The van der Waals surface area contributed by atoms with Crippen molar-refractivity contribution in [1.82, 2.24) is 9.03 Å². The summed E-state index contributed by atoms with van der Waals surface area (Å²) >= 11 is 0. The van der Waals surface area contributed by atoms with Crippen molar-refractivity contribution in [3.63, 3.8) is 0 Å². The minimum absolute atomic E-state index is 0.132. The summed E-state index contributed by atoms with van der Waals surface area (Å²) in [5, 5.41) is 0. The molecule has 1 aliphatic rings. The molecule has 146 valence electrons. The average molecular weight is 394 g/mol. The predicted octanol–water partition coefficient (Wildman–Crippen LogP) is 2.71. The summed E-state index contributed by atoms with van der Waals surface area (Å²) < 4.78 is 70.7. The van der Waals surface area contributed by atoms with Crippen LogP contribution in [0.15, 0.2) is 24.3 Å². The van der Waals surface area contributed by atoms with Crippen LogP contribution in [-0.4, -0.2) is 37.8 Å². The Labute approximate surface area is 150 Å². The maximum Gasteiger partial charge on any atom is 0.416 e. The lowest BCUT2D eigenvalue weighted by molar-refractivity contribution is -0.137. The van der Waals surface area contributed by atoms with Gasteiger partial charge in [-0.2, -0.15) is 25.9 Å². The number of rotatable bonds is 6. The molecule has 1 aliphatic heterocycles. The van der Waals surface area contributed by atoms with Crippen molar-refractivity contribution in [3.8, 4) is 5.75 Å². The molecule has 0 aromatic heterocycles. The Bertz CT molecular complexity index is 712. The van der Waals surface area contributed by atoms with Crippen LogP contribution in [0.2, 0.25) is 0 Å². The topological polar surface area (TPSA) is 75.7 Å². The number of benzene rings is 1. The highest BCUT2D eigenvalue weighted by atomic mass is 32.2. The molecule has 1 N–H and O–H groups in total. The maximum absolute atomic E-state index is 12.5. The first-order valence-corrected chi connectivity index (χ1v) is 9.70. The van der Waals surface area contributed by atoms with Crippen LogP contribution in [0.4, 0.5) is 13.2 Å². The monoisotopic (exact) mass is 394 g/mol.